The van der Waals surface area contributed by atoms with Crippen molar-refractivity contribution in [3.8, 4) is 0 Å². The van der Waals surface area contributed by atoms with Crippen LogP contribution in [0.1, 0.15) is 26.1 Å². The zero-order chi connectivity index (χ0) is 21.3. The number of aromatic nitrogens is 2. The van der Waals surface area contributed by atoms with Gasteiger partial charge < -0.3 is 14.8 Å². The number of amides is 2. The molecule has 0 radical (unpaired) electrons. The van der Waals surface area contributed by atoms with Crippen LogP contribution in [-0.2, 0) is 22.6 Å². The third kappa shape index (κ3) is 5.14. The molecule has 2 aromatic carbocycles. The van der Waals surface area contributed by atoms with Crippen molar-refractivity contribution < 1.29 is 9.59 Å². The molecule has 0 fully saturated rings. The van der Waals surface area contributed by atoms with Crippen molar-refractivity contribution in [2.45, 2.75) is 33.2 Å². The molecule has 3 rings (SSSR count). The minimum absolute atomic E-state index is 0.0227. The molecular weight excluding hydrogens is 376 g/mol. The molecule has 30 heavy (non-hydrogen) atoms. The number of carbonyl (C=O) groups excluding carboxylic acids is 2. The molecule has 0 saturated carbocycles. The first-order valence-corrected chi connectivity index (χ1v) is 10.3. The monoisotopic (exact) mass is 404 g/mol. The van der Waals surface area contributed by atoms with Gasteiger partial charge in [0.1, 0.15) is 12.4 Å². The molecule has 6 heteroatoms. The Kier molecular flexibility index (Phi) is 7.38. The normalized spacial score (nSPS) is 11.1. The molecule has 0 unspecified atom stereocenters. The highest BCUT2D eigenvalue weighted by Gasteiger charge is 2.18. The Bertz CT molecular complexity index is 1020. The fraction of sp³-hybridized carbons (Fsp3) is 0.292. The van der Waals surface area contributed by atoms with Gasteiger partial charge in [-0.25, -0.2) is 4.98 Å². The topological polar surface area (TPSA) is 67.2 Å². The summed E-state index contributed by atoms with van der Waals surface area (Å²) in [7, 11) is 0. The Hall–Kier alpha value is -3.41. The molecule has 2 amide bonds. The number of aryl methyl sites for hydroxylation is 1. The summed E-state index contributed by atoms with van der Waals surface area (Å²) in [5, 5.41) is 2.86. The van der Waals surface area contributed by atoms with Crippen LogP contribution in [0.2, 0.25) is 0 Å². The van der Waals surface area contributed by atoms with Crippen LogP contribution in [0.25, 0.3) is 11.0 Å². The number of para-hydroxylation sites is 3. The zero-order valence-electron chi connectivity index (χ0n) is 17.5. The highest BCUT2D eigenvalue weighted by Crippen LogP contribution is 2.19. The van der Waals surface area contributed by atoms with Gasteiger partial charge in [0.25, 0.3) is 0 Å². The van der Waals surface area contributed by atoms with Gasteiger partial charge in [-0.05, 0) is 50.6 Å². The Morgan fingerprint density at radius 1 is 1.10 bits per heavy atom. The Morgan fingerprint density at radius 2 is 1.83 bits per heavy atom. The summed E-state index contributed by atoms with van der Waals surface area (Å²) in [5.74, 6) is 0.783. The van der Waals surface area contributed by atoms with Crippen molar-refractivity contribution in [1.29, 1.82) is 0 Å². The highest BCUT2D eigenvalue weighted by atomic mass is 16.2. The van der Waals surface area contributed by atoms with Crippen molar-refractivity contribution >= 4 is 28.5 Å². The standard InChI is InChI=1S/C24H28N4O2/c1-3-11-23(29)25-17-10-16-22-26-20-14-8-9-15-21(20)28(22)18-24(30)27(4-2)19-12-6-5-7-13-19/h3,5-9,11-15H,4,10,16-18H2,1-2H3,(H,25,29)/b11-3-. The Morgan fingerprint density at radius 3 is 2.57 bits per heavy atom. The first-order valence-electron chi connectivity index (χ1n) is 10.3. The molecule has 0 aliphatic heterocycles. The average Bonchev–Trinajstić information content (AvgIpc) is 3.10. The minimum Gasteiger partial charge on any atom is -0.353 e. The summed E-state index contributed by atoms with van der Waals surface area (Å²) in [6.45, 7) is 5.18. The molecule has 1 N–H and O–H groups in total. The molecule has 6 nitrogen and oxygen atoms in total. The van der Waals surface area contributed by atoms with Crippen LogP contribution in [0.15, 0.2) is 66.7 Å². The molecule has 1 heterocycles. The second-order valence-corrected chi connectivity index (χ2v) is 6.97. The summed E-state index contributed by atoms with van der Waals surface area (Å²) in [5.41, 5.74) is 2.71. The number of hydrogen-bond acceptors (Lipinski definition) is 3. The summed E-state index contributed by atoms with van der Waals surface area (Å²) < 4.78 is 2.00. The Labute approximate surface area is 177 Å². The number of anilines is 1. The first-order chi connectivity index (χ1) is 14.6. The molecule has 0 spiro atoms. The van der Waals surface area contributed by atoms with Crippen molar-refractivity contribution in [1.82, 2.24) is 14.9 Å². The molecule has 0 bridgehead atoms. The van der Waals surface area contributed by atoms with Crippen molar-refractivity contribution in [3.05, 3.63) is 72.6 Å². The summed E-state index contributed by atoms with van der Waals surface area (Å²) in [4.78, 5) is 31.3. The van der Waals surface area contributed by atoms with Crippen LogP contribution in [0.4, 0.5) is 5.69 Å². The van der Waals surface area contributed by atoms with E-state index in [0.29, 0.717) is 19.5 Å². The number of allylic oxidation sites excluding steroid dienone is 1. The van der Waals surface area contributed by atoms with Gasteiger partial charge in [-0.1, -0.05) is 36.4 Å². The molecule has 0 saturated heterocycles. The maximum atomic E-state index is 13.1. The maximum absolute atomic E-state index is 13.1. The van der Waals surface area contributed by atoms with E-state index in [4.69, 9.17) is 4.98 Å². The first kappa shape index (κ1) is 21.3. The number of benzene rings is 2. The van der Waals surface area contributed by atoms with Gasteiger partial charge in [-0.15, -0.1) is 0 Å². The maximum Gasteiger partial charge on any atom is 0.246 e. The van der Waals surface area contributed by atoms with Crippen LogP contribution < -0.4 is 10.2 Å². The lowest BCUT2D eigenvalue weighted by molar-refractivity contribution is -0.119. The van der Waals surface area contributed by atoms with Crippen molar-refractivity contribution in [3.63, 3.8) is 0 Å². The smallest absolute Gasteiger partial charge is 0.246 e. The van der Waals surface area contributed by atoms with E-state index in [1.807, 2.05) is 73.0 Å². The largest absolute Gasteiger partial charge is 0.353 e. The van der Waals surface area contributed by atoms with E-state index in [-0.39, 0.29) is 18.4 Å². The van der Waals surface area contributed by atoms with Gasteiger partial charge in [-0.2, -0.15) is 0 Å². The number of nitrogens with one attached hydrogen (secondary N) is 1. The van der Waals surface area contributed by atoms with E-state index in [9.17, 15) is 9.59 Å². The predicted molar refractivity (Wildman–Crippen MR) is 120 cm³/mol. The van der Waals surface area contributed by atoms with Gasteiger partial charge in [0.05, 0.1) is 11.0 Å². The number of hydrogen-bond donors (Lipinski definition) is 1. The third-order valence-electron chi connectivity index (χ3n) is 4.91. The second kappa shape index (κ2) is 10.4. The summed E-state index contributed by atoms with van der Waals surface area (Å²) >= 11 is 0. The van der Waals surface area contributed by atoms with Crippen molar-refractivity contribution in [2.75, 3.05) is 18.0 Å². The Balaban J connectivity index is 1.77. The highest BCUT2D eigenvalue weighted by molar-refractivity contribution is 5.94. The van der Waals surface area contributed by atoms with Gasteiger partial charge in [0.15, 0.2) is 0 Å². The number of rotatable bonds is 9. The van der Waals surface area contributed by atoms with Gasteiger partial charge in [0.2, 0.25) is 11.8 Å². The molecule has 0 aliphatic carbocycles. The number of imidazole rings is 1. The van der Waals surface area contributed by atoms with Crippen LogP contribution in [0.5, 0.6) is 0 Å². The van der Waals surface area contributed by atoms with Crippen LogP contribution >= 0.6 is 0 Å². The van der Waals surface area contributed by atoms with Gasteiger partial charge in [0, 0.05) is 25.2 Å². The van der Waals surface area contributed by atoms with Gasteiger partial charge in [-0.3, -0.25) is 9.59 Å². The van der Waals surface area contributed by atoms with Crippen LogP contribution in [0, 0.1) is 0 Å². The van der Waals surface area contributed by atoms with Crippen LogP contribution in [-0.4, -0.2) is 34.5 Å². The third-order valence-corrected chi connectivity index (χ3v) is 4.91. The molecule has 0 atom stereocenters. The van der Waals surface area contributed by atoms with E-state index in [1.165, 1.54) is 6.08 Å². The van der Waals surface area contributed by atoms with E-state index >= 15 is 0 Å². The fourth-order valence-corrected chi connectivity index (χ4v) is 3.49. The number of carbonyl (C=O) groups is 2. The van der Waals surface area contributed by atoms with E-state index < -0.39 is 0 Å². The fourth-order valence-electron chi connectivity index (χ4n) is 3.49. The summed E-state index contributed by atoms with van der Waals surface area (Å²) in [6.07, 6.45) is 4.65. The zero-order valence-corrected chi connectivity index (χ0v) is 17.5. The SMILES string of the molecule is C/C=C\C(=O)NCCCc1nc2ccccc2n1CC(=O)N(CC)c1ccccc1. The number of likely N-dealkylation sites (N-methyl/N-ethyl adjacent to an activating group) is 1. The second-order valence-electron chi connectivity index (χ2n) is 6.97. The predicted octanol–water partition coefficient (Wildman–Crippen LogP) is 3.71. The molecule has 1 aromatic heterocycles. The van der Waals surface area contributed by atoms with E-state index in [0.717, 1.165) is 29.0 Å². The van der Waals surface area contributed by atoms with E-state index in [1.54, 1.807) is 11.0 Å². The van der Waals surface area contributed by atoms with Gasteiger partial charge >= 0.3 is 0 Å². The molecule has 3 aromatic rings. The lowest BCUT2D eigenvalue weighted by Crippen LogP contribution is -2.34. The number of nitrogens with zero attached hydrogens (tertiary/aromatic N) is 3. The number of fused-ring (bicyclic) bond motifs is 1. The minimum atomic E-state index is -0.0948. The van der Waals surface area contributed by atoms with E-state index in [2.05, 4.69) is 5.32 Å². The molecule has 156 valence electrons. The van der Waals surface area contributed by atoms with Crippen LogP contribution in [0.3, 0.4) is 0 Å². The average molecular weight is 405 g/mol. The lowest BCUT2D eigenvalue weighted by atomic mass is 10.2. The molecular formula is C24H28N4O2. The summed E-state index contributed by atoms with van der Waals surface area (Å²) in [6, 6.07) is 17.6. The molecule has 0 aliphatic rings. The van der Waals surface area contributed by atoms with Crippen molar-refractivity contribution in [2.24, 2.45) is 0 Å². The lowest BCUT2D eigenvalue weighted by Gasteiger charge is -2.22. The quantitative estimate of drug-likeness (QED) is 0.437.